The maximum absolute atomic E-state index is 12.0. The molecule has 0 radical (unpaired) electrons. The van der Waals surface area contributed by atoms with Gasteiger partial charge in [0, 0.05) is 12.8 Å². The second-order valence-corrected chi connectivity index (χ2v) is 5.79. The van der Waals surface area contributed by atoms with E-state index in [1.54, 1.807) is 24.3 Å². The van der Waals surface area contributed by atoms with Gasteiger partial charge in [-0.1, -0.05) is 31.0 Å². The molecule has 0 spiro atoms. The molecule has 1 aliphatic rings. The van der Waals surface area contributed by atoms with Crippen LogP contribution >= 0.6 is 0 Å². The highest BCUT2D eigenvalue weighted by Gasteiger charge is 2.24. The van der Waals surface area contributed by atoms with Gasteiger partial charge in [0.15, 0.2) is 0 Å². The van der Waals surface area contributed by atoms with E-state index < -0.39 is 12.0 Å². The lowest BCUT2D eigenvalue weighted by molar-refractivity contribution is -0.141. The number of hydrogen-bond donors (Lipinski definition) is 2. The van der Waals surface area contributed by atoms with Gasteiger partial charge in [0.25, 0.3) is 0 Å². The molecule has 0 bridgehead atoms. The topological polar surface area (TPSA) is 90.2 Å². The Morgan fingerprint density at radius 1 is 1.32 bits per heavy atom. The number of nitriles is 1. The number of hydrogen-bond acceptors (Lipinski definition) is 3. The molecule has 1 atom stereocenters. The van der Waals surface area contributed by atoms with Crippen LogP contribution in [-0.2, 0) is 16.0 Å². The fourth-order valence-corrected chi connectivity index (χ4v) is 2.96. The summed E-state index contributed by atoms with van der Waals surface area (Å²) in [5.41, 5.74) is 1.08. The van der Waals surface area contributed by atoms with Crippen LogP contribution in [0.3, 0.4) is 0 Å². The minimum absolute atomic E-state index is 0.121. The normalized spacial score (nSPS) is 16.0. The molecular formula is C17H20N2O3. The maximum Gasteiger partial charge on any atom is 0.326 e. The highest BCUT2D eigenvalue weighted by molar-refractivity contribution is 5.84. The molecule has 2 rings (SSSR count). The number of carboxylic acid groups (broad SMARTS) is 1. The van der Waals surface area contributed by atoms with Gasteiger partial charge in [0.1, 0.15) is 6.04 Å². The van der Waals surface area contributed by atoms with Crippen molar-refractivity contribution in [1.82, 2.24) is 5.32 Å². The number of aliphatic carboxylic acids is 1. The molecule has 1 aliphatic carbocycles. The van der Waals surface area contributed by atoms with E-state index >= 15 is 0 Å². The van der Waals surface area contributed by atoms with Crippen molar-refractivity contribution in [2.45, 2.75) is 44.6 Å². The van der Waals surface area contributed by atoms with Gasteiger partial charge < -0.3 is 10.4 Å². The Hall–Kier alpha value is -2.35. The minimum Gasteiger partial charge on any atom is -0.480 e. The van der Waals surface area contributed by atoms with Crippen LogP contribution in [0, 0.1) is 17.2 Å². The molecule has 1 amide bonds. The Morgan fingerprint density at radius 2 is 2.00 bits per heavy atom. The summed E-state index contributed by atoms with van der Waals surface area (Å²) in [6.45, 7) is 0. The molecule has 0 unspecified atom stereocenters. The zero-order chi connectivity index (χ0) is 15.9. The van der Waals surface area contributed by atoms with Gasteiger partial charge in [0.2, 0.25) is 5.91 Å². The van der Waals surface area contributed by atoms with E-state index in [1.807, 2.05) is 6.07 Å². The second-order valence-electron chi connectivity index (χ2n) is 5.79. The summed E-state index contributed by atoms with van der Waals surface area (Å²) in [6, 6.07) is 7.91. The molecule has 22 heavy (non-hydrogen) atoms. The van der Waals surface area contributed by atoms with Crippen molar-refractivity contribution in [3.8, 4) is 6.07 Å². The van der Waals surface area contributed by atoms with Gasteiger partial charge in [-0.3, -0.25) is 4.79 Å². The molecule has 1 fully saturated rings. The molecule has 0 aromatic heterocycles. The van der Waals surface area contributed by atoms with Gasteiger partial charge in [0.05, 0.1) is 11.6 Å². The van der Waals surface area contributed by atoms with Crippen molar-refractivity contribution in [2.24, 2.45) is 5.92 Å². The summed E-state index contributed by atoms with van der Waals surface area (Å²) in [4.78, 5) is 23.4. The number of carboxylic acids is 1. The summed E-state index contributed by atoms with van der Waals surface area (Å²) in [7, 11) is 0. The molecule has 1 aromatic rings. The highest BCUT2D eigenvalue weighted by Crippen LogP contribution is 2.27. The summed E-state index contributed by atoms with van der Waals surface area (Å²) in [5.74, 6) is -0.915. The zero-order valence-electron chi connectivity index (χ0n) is 12.4. The molecule has 5 heteroatoms. The van der Waals surface area contributed by atoms with E-state index in [0.29, 0.717) is 23.5 Å². The van der Waals surface area contributed by atoms with Crippen LogP contribution in [0.4, 0.5) is 0 Å². The first-order valence-electron chi connectivity index (χ1n) is 7.60. The molecular weight excluding hydrogens is 280 g/mol. The number of carbonyl (C=O) groups is 2. The summed E-state index contributed by atoms with van der Waals surface area (Å²) < 4.78 is 0. The van der Waals surface area contributed by atoms with Crippen molar-refractivity contribution in [1.29, 1.82) is 5.26 Å². The fourth-order valence-electron chi connectivity index (χ4n) is 2.96. The van der Waals surface area contributed by atoms with Crippen molar-refractivity contribution in [3.63, 3.8) is 0 Å². The van der Waals surface area contributed by atoms with E-state index in [-0.39, 0.29) is 12.3 Å². The zero-order valence-corrected chi connectivity index (χ0v) is 12.4. The fraction of sp³-hybridized carbons (Fsp3) is 0.471. The molecule has 1 saturated carbocycles. The first-order chi connectivity index (χ1) is 10.6. The number of amides is 1. The van der Waals surface area contributed by atoms with Crippen molar-refractivity contribution in [2.75, 3.05) is 0 Å². The van der Waals surface area contributed by atoms with Crippen LogP contribution in [0.2, 0.25) is 0 Å². The number of benzene rings is 1. The summed E-state index contributed by atoms with van der Waals surface area (Å²) >= 11 is 0. The lowest BCUT2D eigenvalue weighted by atomic mass is 9.99. The Kier molecular flexibility index (Phi) is 5.54. The van der Waals surface area contributed by atoms with Gasteiger partial charge in [-0.15, -0.1) is 0 Å². The van der Waals surface area contributed by atoms with Crippen molar-refractivity contribution < 1.29 is 14.7 Å². The quantitative estimate of drug-likeness (QED) is 0.843. The lowest BCUT2D eigenvalue weighted by Gasteiger charge is -2.17. The Bertz CT molecular complexity index is 586. The smallest absolute Gasteiger partial charge is 0.326 e. The molecule has 0 aliphatic heterocycles. The molecule has 0 saturated heterocycles. The van der Waals surface area contributed by atoms with Crippen LogP contribution in [-0.4, -0.2) is 23.0 Å². The molecule has 116 valence electrons. The van der Waals surface area contributed by atoms with E-state index in [9.17, 15) is 14.7 Å². The first kappa shape index (κ1) is 16.0. The maximum atomic E-state index is 12.0. The second kappa shape index (κ2) is 7.60. The van der Waals surface area contributed by atoms with Crippen molar-refractivity contribution in [3.05, 3.63) is 35.4 Å². The predicted octanol–water partition coefficient (Wildman–Crippen LogP) is 2.25. The van der Waals surface area contributed by atoms with Crippen LogP contribution in [0.1, 0.15) is 43.2 Å². The average Bonchev–Trinajstić information content (AvgIpc) is 2.99. The monoisotopic (exact) mass is 300 g/mol. The van der Waals surface area contributed by atoms with Gasteiger partial charge in [-0.05, 0) is 30.4 Å². The minimum atomic E-state index is -1.08. The number of carbonyl (C=O) groups excluding carboxylic acids is 1. The summed E-state index contributed by atoms with van der Waals surface area (Å²) in [6.07, 6.45) is 4.90. The van der Waals surface area contributed by atoms with Gasteiger partial charge in [-0.25, -0.2) is 4.79 Å². The first-order valence-corrected chi connectivity index (χ1v) is 7.60. The third-order valence-corrected chi connectivity index (χ3v) is 4.14. The molecule has 2 N–H and O–H groups in total. The van der Waals surface area contributed by atoms with Gasteiger partial charge >= 0.3 is 5.97 Å². The van der Waals surface area contributed by atoms with E-state index in [1.165, 1.54) is 0 Å². The van der Waals surface area contributed by atoms with Crippen LogP contribution in [0.5, 0.6) is 0 Å². The summed E-state index contributed by atoms with van der Waals surface area (Å²) in [5, 5.41) is 21.0. The number of nitrogens with one attached hydrogen (secondary N) is 1. The van der Waals surface area contributed by atoms with Crippen molar-refractivity contribution >= 4 is 11.9 Å². The Balaban J connectivity index is 1.99. The standard InChI is InChI=1S/C17H20N2O3/c18-11-14-8-4-3-7-13(14)10-15(17(21)22)19-16(20)9-12-5-1-2-6-12/h3-4,7-8,12,15H,1-2,5-6,9-10H2,(H,19,20)(H,21,22)/t15-/m0/s1. The molecule has 1 aromatic carbocycles. The highest BCUT2D eigenvalue weighted by atomic mass is 16.4. The Morgan fingerprint density at radius 3 is 2.64 bits per heavy atom. The number of nitrogens with zero attached hydrogens (tertiary/aromatic N) is 1. The third-order valence-electron chi connectivity index (χ3n) is 4.14. The van der Waals surface area contributed by atoms with Crippen LogP contribution < -0.4 is 5.32 Å². The molecule has 0 heterocycles. The molecule has 5 nitrogen and oxygen atoms in total. The average molecular weight is 300 g/mol. The largest absolute Gasteiger partial charge is 0.480 e. The van der Waals surface area contributed by atoms with E-state index in [0.717, 1.165) is 25.7 Å². The van der Waals surface area contributed by atoms with Crippen LogP contribution in [0.15, 0.2) is 24.3 Å². The van der Waals surface area contributed by atoms with Crippen LogP contribution in [0.25, 0.3) is 0 Å². The third kappa shape index (κ3) is 4.32. The van der Waals surface area contributed by atoms with Gasteiger partial charge in [-0.2, -0.15) is 5.26 Å². The van der Waals surface area contributed by atoms with E-state index in [4.69, 9.17) is 5.26 Å². The Labute approximate surface area is 129 Å². The SMILES string of the molecule is N#Cc1ccccc1C[C@H](NC(=O)CC1CCCC1)C(=O)O. The van der Waals surface area contributed by atoms with E-state index in [2.05, 4.69) is 5.32 Å². The predicted molar refractivity (Wildman–Crippen MR) is 81.0 cm³/mol. The lowest BCUT2D eigenvalue weighted by Crippen LogP contribution is -2.42. The number of rotatable bonds is 6.